The number of hydrazine groups is 1. The lowest BCUT2D eigenvalue weighted by Gasteiger charge is -2.64. The summed E-state index contributed by atoms with van der Waals surface area (Å²) in [6.45, 7) is 12.5. The van der Waals surface area contributed by atoms with Gasteiger partial charge in [0, 0.05) is 12.1 Å². The van der Waals surface area contributed by atoms with E-state index in [-0.39, 0.29) is 36.3 Å². The third-order valence-electron chi connectivity index (χ3n) is 9.51. The number of aliphatic imine (C=N–C) groups is 1. The lowest BCUT2D eigenvalue weighted by Crippen LogP contribution is -2.65. The summed E-state index contributed by atoms with van der Waals surface area (Å²) in [6, 6.07) is 3.01. The number of carbonyl (C=O) groups excluding carboxylic acids is 2. The highest BCUT2D eigenvalue weighted by atomic mass is 19.1. The summed E-state index contributed by atoms with van der Waals surface area (Å²) >= 11 is 0. The molecule has 5 rings (SSSR count). The minimum Gasteiger partial charge on any atom is -0.404 e. The lowest BCUT2D eigenvalue weighted by atomic mass is 9.43. The van der Waals surface area contributed by atoms with Crippen LogP contribution in [0.3, 0.4) is 0 Å². The molecule has 0 spiro atoms. The summed E-state index contributed by atoms with van der Waals surface area (Å²) in [4.78, 5) is 41.1. The highest BCUT2D eigenvalue weighted by Gasteiger charge is 2.68. The zero-order valence-corrected chi connectivity index (χ0v) is 25.8. The van der Waals surface area contributed by atoms with E-state index in [9.17, 15) is 24.1 Å². The summed E-state index contributed by atoms with van der Waals surface area (Å²) in [5.74, 6) is -1.08. The second-order valence-corrected chi connectivity index (χ2v) is 13.3. The number of nitrogens with one attached hydrogen (secondary N) is 3. The first-order chi connectivity index (χ1) is 20.1. The standard InChI is InChI=1S/C29H44BFN6O6/c1-16(2)12-24(30-42-23-15-19-14-22(28(19,4)5)29(23,6)43-30)35-26(39)21(34-27(32)36-37(40)41)8-7-11-33-25(38)18-9-10-20(31)17(3)13-18/h9-10,13,16,19,21-24H,7-8,11-12,14-15H2,1-6H3,(H,33,38)(H,35,39)(H3,32,34,36)/t19-,21?,22-,23+,24-,29-/m0/s1. The fourth-order valence-corrected chi connectivity index (χ4v) is 7.03. The molecule has 12 nitrogen and oxygen atoms in total. The van der Waals surface area contributed by atoms with Gasteiger partial charge in [0.05, 0.1) is 17.6 Å². The topological polar surface area (TPSA) is 170 Å². The molecule has 1 saturated heterocycles. The highest BCUT2D eigenvalue weighted by Crippen LogP contribution is 2.65. The van der Waals surface area contributed by atoms with Gasteiger partial charge in [0.15, 0.2) is 5.03 Å². The molecule has 4 aliphatic rings. The van der Waals surface area contributed by atoms with Crippen LogP contribution in [0.5, 0.6) is 0 Å². The van der Waals surface area contributed by atoms with E-state index in [1.165, 1.54) is 18.2 Å². The Hall–Kier alpha value is -3.26. The number of rotatable bonds is 12. The van der Waals surface area contributed by atoms with E-state index in [2.05, 4.69) is 36.4 Å². The monoisotopic (exact) mass is 602 g/mol. The first-order valence-electron chi connectivity index (χ1n) is 15.0. The molecule has 5 N–H and O–H groups in total. The van der Waals surface area contributed by atoms with Crippen molar-refractivity contribution in [3.05, 3.63) is 45.3 Å². The highest BCUT2D eigenvalue weighted by molar-refractivity contribution is 6.48. The smallest absolute Gasteiger partial charge is 0.404 e. The van der Waals surface area contributed by atoms with E-state index < -0.39 is 47.4 Å². The number of guanidine groups is 1. The molecule has 1 unspecified atom stereocenters. The third-order valence-corrected chi connectivity index (χ3v) is 9.51. The number of nitro groups is 1. The number of nitrogens with zero attached hydrogens (tertiary/aromatic N) is 2. The second-order valence-electron chi connectivity index (χ2n) is 13.3. The van der Waals surface area contributed by atoms with Crippen LogP contribution in [0.4, 0.5) is 4.39 Å². The Bertz CT molecular complexity index is 1260. The first-order valence-corrected chi connectivity index (χ1v) is 15.0. The van der Waals surface area contributed by atoms with Crippen LogP contribution in [0.25, 0.3) is 0 Å². The van der Waals surface area contributed by atoms with Gasteiger partial charge in [-0.25, -0.2) is 19.5 Å². The van der Waals surface area contributed by atoms with Crippen LogP contribution in [0.15, 0.2) is 23.2 Å². The van der Waals surface area contributed by atoms with E-state index >= 15 is 0 Å². The normalized spacial score (nSPS) is 27.1. The van der Waals surface area contributed by atoms with Crippen molar-refractivity contribution in [2.75, 3.05) is 6.54 Å². The van der Waals surface area contributed by atoms with Crippen LogP contribution in [0, 0.1) is 46.0 Å². The van der Waals surface area contributed by atoms with Gasteiger partial charge in [-0.2, -0.15) is 0 Å². The summed E-state index contributed by atoms with van der Waals surface area (Å²) in [5.41, 5.74) is 7.89. The number of carbonyl (C=O) groups is 2. The largest absolute Gasteiger partial charge is 0.481 e. The number of nitrogens with two attached hydrogens (primary N) is 1. The van der Waals surface area contributed by atoms with Crippen molar-refractivity contribution >= 4 is 24.9 Å². The van der Waals surface area contributed by atoms with Crippen molar-refractivity contribution < 1.29 is 28.3 Å². The molecule has 14 heteroatoms. The molecular weight excluding hydrogens is 558 g/mol. The van der Waals surface area contributed by atoms with Crippen molar-refractivity contribution in [2.45, 2.75) is 97.3 Å². The van der Waals surface area contributed by atoms with E-state index in [0.29, 0.717) is 35.8 Å². The molecule has 6 atom stereocenters. The van der Waals surface area contributed by atoms with Gasteiger partial charge < -0.3 is 25.7 Å². The minimum absolute atomic E-state index is 0.0527. The van der Waals surface area contributed by atoms with Gasteiger partial charge in [-0.3, -0.25) is 9.59 Å². The van der Waals surface area contributed by atoms with Gasteiger partial charge >= 0.3 is 7.12 Å². The van der Waals surface area contributed by atoms with E-state index in [0.717, 1.165) is 12.8 Å². The van der Waals surface area contributed by atoms with E-state index in [1.54, 1.807) is 12.3 Å². The van der Waals surface area contributed by atoms with Crippen LogP contribution >= 0.6 is 0 Å². The van der Waals surface area contributed by atoms with Gasteiger partial charge in [0.1, 0.15) is 11.9 Å². The molecule has 0 aromatic heterocycles. The van der Waals surface area contributed by atoms with Crippen LogP contribution < -0.4 is 21.8 Å². The molecule has 236 valence electrons. The van der Waals surface area contributed by atoms with Gasteiger partial charge in [0.2, 0.25) is 5.91 Å². The first kappa shape index (κ1) is 32.7. The molecule has 43 heavy (non-hydrogen) atoms. The molecule has 1 aromatic rings. The summed E-state index contributed by atoms with van der Waals surface area (Å²) in [6.07, 6.45) is 3.02. The molecule has 4 fully saturated rings. The second kappa shape index (κ2) is 12.8. The van der Waals surface area contributed by atoms with Crippen molar-refractivity contribution in [1.82, 2.24) is 16.1 Å². The summed E-state index contributed by atoms with van der Waals surface area (Å²) in [7, 11) is -0.645. The number of hydrogen-bond donors (Lipinski definition) is 4. The SMILES string of the molecule is Cc1cc(C(=O)NCCCC(N=C(N)N[N+](=O)[O-])C(=O)N[C@@H](CC(C)C)B2O[C@@H]3C[C@@H]4C[C@@H](C4(C)C)[C@]3(C)O2)ccc1F. The van der Waals surface area contributed by atoms with Gasteiger partial charge in [-0.05, 0) is 92.9 Å². The number of halogens is 1. The molecule has 3 saturated carbocycles. The molecule has 2 bridgehead atoms. The fraction of sp³-hybridized carbons (Fsp3) is 0.690. The van der Waals surface area contributed by atoms with Crippen LogP contribution in [0.1, 0.15) is 82.6 Å². The Kier molecular flexibility index (Phi) is 9.70. The summed E-state index contributed by atoms with van der Waals surface area (Å²) in [5, 5.41) is 15.8. The zero-order valence-electron chi connectivity index (χ0n) is 25.8. The number of benzene rings is 1. The predicted molar refractivity (Wildman–Crippen MR) is 160 cm³/mol. The Morgan fingerprint density at radius 2 is 2.00 bits per heavy atom. The quantitative estimate of drug-likeness (QED) is 0.0707. The molecular formula is C29H44BFN6O6. The number of hydrogen-bond acceptors (Lipinski definition) is 7. The van der Waals surface area contributed by atoms with Gasteiger partial charge in [-0.15, -0.1) is 0 Å². The van der Waals surface area contributed by atoms with Crippen molar-refractivity contribution in [3.63, 3.8) is 0 Å². The van der Waals surface area contributed by atoms with E-state index in [4.69, 9.17) is 15.0 Å². The maximum Gasteiger partial charge on any atom is 0.481 e. The average Bonchev–Trinajstić information content (AvgIpc) is 3.27. The Labute approximate surface area is 252 Å². The number of aryl methyl sites for hydroxylation is 1. The Morgan fingerprint density at radius 3 is 2.63 bits per heavy atom. The fourth-order valence-electron chi connectivity index (χ4n) is 7.03. The molecule has 3 aliphatic carbocycles. The van der Waals surface area contributed by atoms with E-state index in [1.807, 2.05) is 13.8 Å². The van der Waals surface area contributed by atoms with Crippen LogP contribution in [0.2, 0.25) is 0 Å². The third kappa shape index (κ3) is 7.12. The maximum atomic E-state index is 13.6. The Morgan fingerprint density at radius 1 is 1.28 bits per heavy atom. The molecule has 1 aromatic carbocycles. The zero-order chi connectivity index (χ0) is 31.7. The van der Waals surface area contributed by atoms with Gasteiger partial charge in [-0.1, -0.05) is 33.1 Å². The van der Waals surface area contributed by atoms with Crippen molar-refractivity contribution in [1.29, 1.82) is 0 Å². The van der Waals surface area contributed by atoms with Crippen LogP contribution in [-0.2, 0) is 14.1 Å². The van der Waals surface area contributed by atoms with Crippen molar-refractivity contribution in [2.24, 2.45) is 33.9 Å². The summed E-state index contributed by atoms with van der Waals surface area (Å²) < 4.78 is 26.6. The number of amides is 2. The molecule has 0 radical (unpaired) electrons. The van der Waals surface area contributed by atoms with Crippen molar-refractivity contribution in [3.8, 4) is 0 Å². The molecule has 1 aliphatic heterocycles. The van der Waals surface area contributed by atoms with Crippen LogP contribution in [-0.4, -0.2) is 60.2 Å². The Balaban J connectivity index is 1.42. The maximum absolute atomic E-state index is 13.6. The minimum atomic E-state index is -1.07. The predicted octanol–water partition coefficient (Wildman–Crippen LogP) is 2.91. The average molecular weight is 603 g/mol. The lowest BCUT2D eigenvalue weighted by molar-refractivity contribution is -0.525. The van der Waals surface area contributed by atoms with Gasteiger partial charge in [0.25, 0.3) is 11.9 Å². The molecule has 1 heterocycles. The molecule has 2 amide bonds.